The van der Waals surface area contributed by atoms with Crippen LogP contribution in [0.3, 0.4) is 0 Å². The second-order valence-electron chi connectivity index (χ2n) is 3.77. The molecule has 18 heavy (non-hydrogen) atoms. The number of ether oxygens (including phenoxy) is 1. The summed E-state index contributed by atoms with van der Waals surface area (Å²) in [5.41, 5.74) is 2.25. The average Bonchev–Trinajstić information content (AvgIpc) is 2.82. The molecule has 0 saturated heterocycles. The Hall–Kier alpha value is -2.36. The van der Waals surface area contributed by atoms with Gasteiger partial charge in [-0.05, 0) is 30.3 Å². The lowest BCUT2D eigenvalue weighted by molar-refractivity contribution is 0.111. The van der Waals surface area contributed by atoms with Gasteiger partial charge in [-0.2, -0.15) is 5.10 Å². The fraction of sp³-hybridized carbons (Fsp3) is 0.143. The number of rotatable bonds is 5. The van der Waals surface area contributed by atoms with Crippen LogP contribution in [-0.2, 0) is 6.54 Å². The minimum atomic E-state index is 0.518. The lowest BCUT2D eigenvalue weighted by Gasteiger charge is -2.00. The van der Waals surface area contributed by atoms with Gasteiger partial charge in [0.05, 0.1) is 19.3 Å². The Bertz CT molecular complexity index is 556. The van der Waals surface area contributed by atoms with Gasteiger partial charge in [0.15, 0.2) is 6.29 Å². The summed E-state index contributed by atoms with van der Waals surface area (Å²) in [6.07, 6.45) is 2.50. The van der Waals surface area contributed by atoms with E-state index in [1.165, 1.54) is 0 Å². The summed E-state index contributed by atoms with van der Waals surface area (Å²) < 4.78 is 6.72. The topological polar surface area (TPSA) is 44.1 Å². The molecule has 0 spiro atoms. The van der Waals surface area contributed by atoms with Gasteiger partial charge in [0.1, 0.15) is 11.4 Å². The van der Waals surface area contributed by atoms with Crippen LogP contribution in [0.1, 0.15) is 10.5 Å². The van der Waals surface area contributed by atoms with Crippen molar-refractivity contribution in [1.82, 2.24) is 9.78 Å². The van der Waals surface area contributed by atoms with Crippen LogP contribution in [0.4, 0.5) is 0 Å². The standard InChI is InChI=1S/C14H14N2O2/c1-3-8-16-12(10-17)9-14(15-16)11-4-6-13(18-2)7-5-11/h3-7,9-10H,1,8H2,2H3. The van der Waals surface area contributed by atoms with E-state index >= 15 is 0 Å². The number of aldehydes is 1. The van der Waals surface area contributed by atoms with Crippen LogP contribution >= 0.6 is 0 Å². The molecule has 0 radical (unpaired) electrons. The third-order valence-corrected chi connectivity index (χ3v) is 2.62. The Morgan fingerprint density at radius 1 is 1.39 bits per heavy atom. The van der Waals surface area contributed by atoms with Crippen LogP contribution in [0.2, 0.25) is 0 Å². The molecule has 0 aliphatic carbocycles. The van der Waals surface area contributed by atoms with Crippen molar-refractivity contribution in [2.24, 2.45) is 0 Å². The van der Waals surface area contributed by atoms with Crippen molar-refractivity contribution in [1.29, 1.82) is 0 Å². The summed E-state index contributed by atoms with van der Waals surface area (Å²) in [4.78, 5) is 10.9. The smallest absolute Gasteiger partial charge is 0.168 e. The van der Waals surface area contributed by atoms with Gasteiger partial charge in [-0.1, -0.05) is 6.08 Å². The molecule has 0 aliphatic rings. The molecular formula is C14H14N2O2. The maximum Gasteiger partial charge on any atom is 0.168 e. The number of carbonyl (C=O) groups is 1. The molecule has 0 bridgehead atoms. The van der Waals surface area contributed by atoms with Crippen LogP contribution in [-0.4, -0.2) is 23.2 Å². The van der Waals surface area contributed by atoms with Crippen molar-refractivity contribution in [2.75, 3.05) is 7.11 Å². The van der Waals surface area contributed by atoms with E-state index in [9.17, 15) is 4.79 Å². The first kappa shape index (κ1) is 12.1. The third kappa shape index (κ3) is 2.32. The number of allylic oxidation sites excluding steroid dienone is 1. The van der Waals surface area contributed by atoms with Crippen LogP contribution in [0.5, 0.6) is 5.75 Å². The normalized spacial score (nSPS) is 10.1. The Labute approximate surface area is 106 Å². The molecule has 0 N–H and O–H groups in total. The van der Waals surface area contributed by atoms with Crippen molar-refractivity contribution >= 4 is 6.29 Å². The largest absolute Gasteiger partial charge is 0.497 e. The number of hydrogen-bond acceptors (Lipinski definition) is 3. The molecule has 4 heteroatoms. The monoisotopic (exact) mass is 242 g/mol. The molecule has 1 aromatic heterocycles. The van der Waals surface area contributed by atoms with E-state index in [1.54, 1.807) is 23.9 Å². The highest BCUT2D eigenvalue weighted by Crippen LogP contribution is 2.21. The first-order chi connectivity index (χ1) is 8.78. The Kier molecular flexibility index (Phi) is 3.57. The van der Waals surface area contributed by atoms with Gasteiger partial charge in [0.2, 0.25) is 0 Å². The molecule has 0 aliphatic heterocycles. The van der Waals surface area contributed by atoms with Gasteiger partial charge in [-0.15, -0.1) is 6.58 Å². The first-order valence-electron chi connectivity index (χ1n) is 5.57. The highest BCUT2D eigenvalue weighted by molar-refractivity contribution is 5.76. The van der Waals surface area contributed by atoms with E-state index < -0.39 is 0 Å². The molecule has 0 saturated carbocycles. The number of carbonyl (C=O) groups excluding carboxylic acids is 1. The van der Waals surface area contributed by atoms with Crippen molar-refractivity contribution in [3.63, 3.8) is 0 Å². The summed E-state index contributed by atoms with van der Waals surface area (Å²) in [5.74, 6) is 0.792. The highest BCUT2D eigenvalue weighted by atomic mass is 16.5. The van der Waals surface area contributed by atoms with Gasteiger partial charge >= 0.3 is 0 Å². The zero-order chi connectivity index (χ0) is 13.0. The van der Waals surface area contributed by atoms with E-state index in [2.05, 4.69) is 11.7 Å². The SMILES string of the molecule is C=CCn1nc(-c2ccc(OC)cc2)cc1C=O. The van der Waals surface area contributed by atoms with Gasteiger partial charge in [-0.3, -0.25) is 9.48 Å². The third-order valence-electron chi connectivity index (χ3n) is 2.62. The Morgan fingerprint density at radius 2 is 2.11 bits per heavy atom. The maximum atomic E-state index is 10.9. The number of hydrogen-bond donors (Lipinski definition) is 0. The van der Waals surface area contributed by atoms with Crippen molar-refractivity contribution in [2.45, 2.75) is 6.54 Å². The maximum absolute atomic E-state index is 10.9. The quantitative estimate of drug-likeness (QED) is 0.598. The van der Waals surface area contributed by atoms with Crippen molar-refractivity contribution in [3.05, 3.63) is 48.7 Å². The zero-order valence-corrected chi connectivity index (χ0v) is 10.2. The van der Waals surface area contributed by atoms with Crippen LogP contribution < -0.4 is 4.74 Å². The van der Waals surface area contributed by atoms with Crippen LogP contribution in [0, 0.1) is 0 Å². The summed E-state index contributed by atoms with van der Waals surface area (Å²) in [6.45, 7) is 4.16. The summed E-state index contributed by atoms with van der Waals surface area (Å²) in [6, 6.07) is 9.31. The van der Waals surface area contributed by atoms with Crippen LogP contribution in [0.25, 0.3) is 11.3 Å². The highest BCUT2D eigenvalue weighted by Gasteiger charge is 2.08. The molecule has 4 nitrogen and oxygen atoms in total. The molecule has 1 heterocycles. The summed E-state index contributed by atoms with van der Waals surface area (Å²) >= 11 is 0. The second kappa shape index (κ2) is 5.31. The molecule has 0 amide bonds. The fourth-order valence-corrected chi connectivity index (χ4v) is 1.70. The van der Waals surface area contributed by atoms with Crippen LogP contribution in [0.15, 0.2) is 43.0 Å². The number of aromatic nitrogens is 2. The Balaban J connectivity index is 2.37. The zero-order valence-electron chi connectivity index (χ0n) is 10.2. The Morgan fingerprint density at radius 3 is 2.67 bits per heavy atom. The van der Waals surface area contributed by atoms with E-state index in [1.807, 2.05) is 24.3 Å². The van der Waals surface area contributed by atoms with Gasteiger partial charge in [0.25, 0.3) is 0 Å². The minimum absolute atomic E-state index is 0.518. The molecule has 0 fully saturated rings. The molecule has 1 aromatic carbocycles. The predicted octanol–water partition coefficient (Wildman–Crippen LogP) is 2.56. The molecule has 2 rings (SSSR count). The molecule has 0 unspecified atom stereocenters. The lowest BCUT2D eigenvalue weighted by Crippen LogP contribution is -2.01. The molecule has 2 aromatic rings. The van der Waals surface area contributed by atoms with Gasteiger partial charge in [-0.25, -0.2) is 0 Å². The number of methoxy groups -OCH3 is 1. The second-order valence-corrected chi connectivity index (χ2v) is 3.77. The van der Waals surface area contributed by atoms with E-state index in [-0.39, 0.29) is 0 Å². The predicted molar refractivity (Wildman–Crippen MR) is 69.8 cm³/mol. The van der Waals surface area contributed by atoms with E-state index in [4.69, 9.17) is 4.74 Å². The first-order valence-corrected chi connectivity index (χ1v) is 5.57. The number of benzene rings is 1. The lowest BCUT2D eigenvalue weighted by atomic mass is 10.1. The minimum Gasteiger partial charge on any atom is -0.497 e. The summed E-state index contributed by atoms with van der Waals surface area (Å²) in [5, 5.41) is 4.37. The molecule has 92 valence electrons. The molecule has 0 atom stereocenters. The molecular weight excluding hydrogens is 228 g/mol. The van der Waals surface area contributed by atoms with Gasteiger partial charge < -0.3 is 4.74 Å². The van der Waals surface area contributed by atoms with E-state index in [0.717, 1.165) is 23.3 Å². The fourth-order valence-electron chi connectivity index (χ4n) is 1.70. The van der Waals surface area contributed by atoms with Crippen molar-refractivity contribution < 1.29 is 9.53 Å². The number of nitrogens with zero attached hydrogens (tertiary/aromatic N) is 2. The summed E-state index contributed by atoms with van der Waals surface area (Å²) in [7, 11) is 1.62. The van der Waals surface area contributed by atoms with E-state index in [0.29, 0.717) is 12.2 Å². The van der Waals surface area contributed by atoms with Gasteiger partial charge in [0, 0.05) is 5.56 Å². The van der Waals surface area contributed by atoms with Crippen molar-refractivity contribution in [3.8, 4) is 17.0 Å². The average molecular weight is 242 g/mol.